The molecule has 0 aromatic heterocycles. The number of benzene rings is 3. The number of carboxylic acids is 1. The van der Waals surface area contributed by atoms with Gasteiger partial charge in [-0.25, -0.2) is 5.84 Å². The minimum atomic E-state index is -0.850. The van der Waals surface area contributed by atoms with E-state index in [0.717, 1.165) is 48.5 Å². The highest BCUT2D eigenvalue weighted by molar-refractivity contribution is 5.74. The fourth-order valence-corrected chi connectivity index (χ4v) is 5.21. The molecule has 0 spiro atoms. The van der Waals surface area contributed by atoms with E-state index in [1.54, 1.807) is 7.05 Å². The Morgan fingerprint density at radius 2 is 1.95 bits per heavy atom. The van der Waals surface area contributed by atoms with Gasteiger partial charge < -0.3 is 20.6 Å². The molecular formula is C30H38N4O3. The van der Waals surface area contributed by atoms with Crippen LogP contribution in [0.3, 0.4) is 0 Å². The summed E-state index contributed by atoms with van der Waals surface area (Å²) in [4.78, 5) is 14.4. The molecular weight excluding hydrogens is 464 g/mol. The highest BCUT2D eigenvalue weighted by atomic mass is 16.5. The third-order valence-corrected chi connectivity index (χ3v) is 7.41. The number of aliphatic carboxylic acids is 1. The van der Waals surface area contributed by atoms with Crippen molar-refractivity contribution in [2.75, 3.05) is 24.3 Å². The molecule has 3 aromatic carbocycles. The Hall–Kier alpha value is -3.55. The molecule has 0 saturated carbocycles. The number of ether oxygens (including phenoxy) is 1. The predicted molar refractivity (Wildman–Crippen MR) is 149 cm³/mol. The number of aryl methyl sites for hydroxylation is 1. The summed E-state index contributed by atoms with van der Waals surface area (Å²) in [6, 6.07) is 18.4. The molecule has 0 saturated heterocycles. The zero-order valence-electron chi connectivity index (χ0n) is 22.2. The molecule has 0 fully saturated rings. The molecule has 1 aliphatic heterocycles. The fraction of sp³-hybridized carbons (Fsp3) is 0.367. The van der Waals surface area contributed by atoms with Gasteiger partial charge in [0, 0.05) is 38.2 Å². The number of hydrogen-bond acceptors (Lipinski definition) is 6. The van der Waals surface area contributed by atoms with Gasteiger partial charge in [0.25, 0.3) is 0 Å². The average molecular weight is 503 g/mol. The molecule has 0 amide bonds. The van der Waals surface area contributed by atoms with Gasteiger partial charge >= 0.3 is 5.97 Å². The van der Waals surface area contributed by atoms with Crippen LogP contribution in [0.5, 0.6) is 5.75 Å². The van der Waals surface area contributed by atoms with Gasteiger partial charge in [-0.05, 0) is 60.2 Å². The van der Waals surface area contributed by atoms with Gasteiger partial charge in [-0.3, -0.25) is 9.69 Å². The minimum absolute atomic E-state index is 0.0244. The van der Waals surface area contributed by atoms with Crippen LogP contribution >= 0.6 is 0 Å². The van der Waals surface area contributed by atoms with Crippen molar-refractivity contribution in [1.82, 2.24) is 4.90 Å². The summed E-state index contributed by atoms with van der Waals surface area (Å²) in [6.45, 7) is 8.59. The van der Waals surface area contributed by atoms with Crippen molar-refractivity contribution < 1.29 is 14.6 Å². The van der Waals surface area contributed by atoms with Crippen molar-refractivity contribution in [2.24, 2.45) is 5.84 Å². The number of anilines is 2. The number of fused-ring (bicyclic) bond motifs is 1. The maximum atomic E-state index is 11.9. The van der Waals surface area contributed by atoms with E-state index < -0.39 is 5.97 Å². The third-order valence-electron chi connectivity index (χ3n) is 7.41. The molecule has 1 unspecified atom stereocenters. The summed E-state index contributed by atoms with van der Waals surface area (Å²) in [5, 5.41) is 11.3. The van der Waals surface area contributed by atoms with Crippen molar-refractivity contribution >= 4 is 17.3 Å². The van der Waals surface area contributed by atoms with Gasteiger partial charge in [0.2, 0.25) is 0 Å². The van der Waals surface area contributed by atoms with E-state index in [4.69, 9.17) is 16.3 Å². The van der Waals surface area contributed by atoms with Gasteiger partial charge in [0.05, 0.1) is 17.8 Å². The van der Waals surface area contributed by atoms with Crippen LogP contribution in [-0.4, -0.2) is 35.7 Å². The summed E-state index contributed by atoms with van der Waals surface area (Å²) >= 11 is 0. The lowest BCUT2D eigenvalue weighted by atomic mass is 9.84. The van der Waals surface area contributed by atoms with Gasteiger partial charge in [-0.2, -0.15) is 0 Å². The van der Waals surface area contributed by atoms with Crippen molar-refractivity contribution in [3.8, 4) is 5.75 Å². The lowest BCUT2D eigenvalue weighted by Crippen LogP contribution is -2.32. The molecule has 7 heteroatoms. The molecule has 0 bridgehead atoms. The Morgan fingerprint density at radius 3 is 2.65 bits per heavy atom. The third kappa shape index (κ3) is 5.89. The summed E-state index contributed by atoms with van der Waals surface area (Å²) in [6.07, 6.45) is 1.03. The second-order valence-corrected chi connectivity index (χ2v) is 10.1. The van der Waals surface area contributed by atoms with E-state index in [0.29, 0.717) is 11.4 Å². The molecule has 4 rings (SSSR count). The molecule has 0 aliphatic carbocycles. The van der Waals surface area contributed by atoms with Crippen LogP contribution in [0, 0.1) is 13.8 Å². The first-order valence-electron chi connectivity index (χ1n) is 12.8. The minimum Gasteiger partial charge on any atom is -0.489 e. The van der Waals surface area contributed by atoms with Crippen LogP contribution in [0.2, 0.25) is 0 Å². The lowest BCUT2D eigenvalue weighted by Gasteiger charge is -2.26. The summed E-state index contributed by atoms with van der Waals surface area (Å²) in [5.74, 6) is 5.72. The Bertz CT molecular complexity index is 1270. The predicted octanol–water partition coefficient (Wildman–Crippen LogP) is 4.98. The van der Waals surface area contributed by atoms with Crippen LogP contribution in [0.15, 0.2) is 54.6 Å². The quantitative estimate of drug-likeness (QED) is 0.227. The van der Waals surface area contributed by atoms with E-state index in [9.17, 15) is 9.90 Å². The first-order valence-corrected chi connectivity index (χ1v) is 12.8. The Balaban J connectivity index is 1.69. The number of hydrazine groups is 1. The van der Waals surface area contributed by atoms with Crippen LogP contribution in [0.4, 0.5) is 11.4 Å². The molecule has 37 heavy (non-hydrogen) atoms. The number of carbonyl (C=O) groups is 1. The topological polar surface area (TPSA) is 105 Å². The van der Waals surface area contributed by atoms with E-state index in [1.165, 1.54) is 21.7 Å². The molecule has 7 nitrogen and oxygen atoms in total. The van der Waals surface area contributed by atoms with Gasteiger partial charge in [0.1, 0.15) is 11.9 Å². The van der Waals surface area contributed by atoms with Gasteiger partial charge in [-0.1, -0.05) is 49.4 Å². The van der Waals surface area contributed by atoms with Crippen molar-refractivity contribution in [3.63, 3.8) is 0 Å². The molecule has 3 aromatic rings. The van der Waals surface area contributed by atoms with Crippen LogP contribution in [-0.2, 0) is 17.9 Å². The largest absolute Gasteiger partial charge is 0.489 e. The SMILES string of the molecule is CCC1CN(Cc2cc([C@@H](CC(=O)O)c3ccc(N(C)N)c(N)c3C)ccc2C)Cc2ccccc2O1. The molecule has 1 aliphatic rings. The number of hydrogen-bond donors (Lipinski definition) is 3. The summed E-state index contributed by atoms with van der Waals surface area (Å²) in [5.41, 5.74) is 14.0. The molecule has 196 valence electrons. The Kier molecular flexibility index (Phi) is 8.05. The monoisotopic (exact) mass is 502 g/mol. The molecule has 5 N–H and O–H groups in total. The molecule has 2 atom stereocenters. The van der Waals surface area contributed by atoms with Crippen LogP contribution in [0.25, 0.3) is 0 Å². The van der Waals surface area contributed by atoms with Crippen molar-refractivity contribution in [1.29, 1.82) is 0 Å². The number of nitrogens with zero attached hydrogens (tertiary/aromatic N) is 2. The normalized spacial score (nSPS) is 16.4. The zero-order chi connectivity index (χ0) is 26.7. The second kappa shape index (κ2) is 11.2. The second-order valence-electron chi connectivity index (χ2n) is 10.1. The Labute approximate surface area is 219 Å². The number of nitrogens with two attached hydrogens (primary N) is 2. The van der Waals surface area contributed by atoms with Crippen LogP contribution < -0.4 is 21.3 Å². The molecule has 0 radical (unpaired) electrons. The number of carboxylic acid groups (broad SMARTS) is 1. The van der Waals surface area contributed by atoms with E-state index in [-0.39, 0.29) is 18.4 Å². The maximum Gasteiger partial charge on any atom is 0.304 e. The highest BCUT2D eigenvalue weighted by Gasteiger charge is 2.25. The first-order chi connectivity index (χ1) is 17.7. The van der Waals surface area contributed by atoms with Gasteiger partial charge in [-0.15, -0.1) is 0 Å². The van der Waals surface area contributed by atoms with Crippen LogP contribution in [0.1, 0.15) is 59.1 Å². The van der Waals surface area contributed by atoms with Crippen molar-refractivity contribution in [2.45, 2.75) is 58.7 Å². The lowest BCUT2D eigenvalue weighted by molar-refractivity contribution is -0.137. The summed E-state index contributed by atoms with van der Waals surface area (Å²) < 4.78 is 6.29. The number of nitrogen functional groups attached to an aromatic ring is 1. The average Bonchev–Trinajstić information content (AvgIpc) is 3.04. The Morgan fingerprint density at radius 1 is 1.19 bits per heavy atom. The fourth-order valence-electron chi connectivity index (χ4n) is 5.21. The standard InChI is InChI=1S/C30H38N4O3/c1-5-24-18-34(16-22-8-6-7-9-28(22)37-24)17-23-14-21(11-10-19(23)2)26(15-29(35)36)25-12-13-27(33(4)32)30(31)20(25)3/h6-14,24,26H,5,15-18,31-32H2,1-4H3,(H,35,36)/t24?,26-/m1/s1. The van der Waals surface area contributed by atoms with E-state index in [2.05, 4.69) is 43.0 Å². The molecule has 1 heterocycles. The van der Waals surface area contributed by atoms with Crippen molar-refractivity contribution in [3.05, 3.63) is 88.0 Å². The summed E-state index contributed by atoms with van der Waals surface area (Å²) in [7, 11) is 1.74. The van der Waals surface area contributed by atoms with E-state index in [1.807, 2.05) is 37.3 Å². The smallest absolute Gasteiger partial charge is 0.304 e. The maximum absolute atomic E-state index is 11.9. The highest BCUT2D eigenvalue weighted by Crippen LogP contribution is 2.37. The zero-order valence-corrected chi connectivity index (χ0v) is 22.2. The first kappa shape index (κ1) is 26.5. The number of rotatable bonds is 8. The van der Waals surface area contributed by atoms with Gasteiger partial charge in [0.15, 0.2) is 0 Å². The van der Waals surface area contributed by atoms with E-state index >= 15 is 0 Å². The number of para-hydroxylation sites is 1.